The molecule has 0 N–H and O–H groups in total. The van der Waals surface area contributed by atoms with Crippen LogP contribution in [0.5, 0.6) is 5.75 Å². The van der Waals surface area contributed by atoms with Gasteiger partial charge in [-0.15, -0.1) is 0 Å². The second-order valence-electron chi connectivity index (χ2n) is 6.80. The van der Waals surface area contributed by atoms with Gasteiger partial charge < -0.3 is 4.74 Å². The summed E-state index contributed by atoms with van der Waals surface area (Å²) in [5, 5.41) is 0. The highest BCUT2D eigenvalue weighted by Crippen LogP contribution is 2.41. The lowest BCUT2D eigenvalue weighted by atomic mass is 9.96. The summed E-state index contributed by atoms with van der Waals surface area (Å²) < 4.78 is 5.46. The molecule has 0 saturated heterocycles. The summed E-state index contributed by atoms with van der Waals surface area (Å²) in [5.74, 6) is 0.999. The summed E-state index contributed by atoms with van der Waals surface area (Å²) in [6, 6.07) is 19.0. The van der Waals surface area contributed by atoms with Crippen molar-refractivity contribution in [3.63, 3.8) is 0 Å². The van der Waals surface area contributed by atoms with Gasteiger partial charge in [0, 0.05) is 0 Å². The third-order valence-electron chi connectivity index (χ3n) is 4.99. The molecule has 0 aliphatic carbocycles. The van der Waals surface area contributed by atoms with E-state index in [1.54, 1.807) is 12.7 Å². The lowest BCUT2D eigenvalue weighted by Gasteiger charge is -2.39. The van der Waals surface area contributed by atoms with Gasteiger partial charge in [0.05, 0.1) is 15.2 Å². The summed E-state index contributed by atoms with van der Waals surface area (Å²) in [6.45, 7) is 5.09. The van der Waals surface area contributed by atoms with E-state index in [0.29, 0.717) is 5.54 Å². The molecular formula is C19H24OSi. The first-order valence-corrected chi connectivity index (χ1v) is 11.1. The molecule has 3 rings (SSSR count). The fourth-order valence-corrected chi connectivity index (χ4v) is 6.70. The van der Waals surface area contributed by atoms with Crippen LogP contribution in [0.2, 0.25) is 19.1 Å². The molecule has 2 heteroatoms. The van der Waals surface area contributed by atoms with Gasteiger partial charge in [-0.25, -0.2) is 0 Å². The van der Waals surface area contributed by atoms with Gasteiger partial charge in [-0.05, 0) is 47.2 Å². The van der Waals surface area contributed by atoms with Crippen LogP contribution >= 0.6 is 0 Å². The van der Waals surface area contributed by atoms with Crippen molar-refractivity contribution in [3.8, 4) is 5.75 Å². The predicted molar refractivity (Wildman–Crippen MR) is 91.9 cm³/mol. The zero-order chi connectivity index (χ0) is 14.9. The van der Waals surface area contributed by atoms with Gasteiger partial charge in [0.2, 0.25) is 0 Å². The van der Waals surface area contributed by atoms with E-state index in [1.807, 2.05) is 0 Å². The van der Waals surface area contributed by atoms with E-state index in [2.05, 4.69) is 61.6 Å². The highest BCUT2D eigenvalue weighted by molar-refractivity contribution is 6.79. The topological polar surface area (TPSA) is 9.23 Å². The molecule has 1 heterocycles. The molecule has 1 aliphatic heterocycles. The van der Waals surface area contributed by atoms with E-state index in [-0.39, 0.29) is 0 Å². The highest BCUT2D eigenvalue weighted by Gasteiger charge is 2.37. The van der Waals surface area contributed by atoms with E-state index >= 15 is 0 Å². The van der Waals surface area contributed by atoms with E-state index < -0.39 is 8.07 Å². The SMILES string of the molecule is COc1ccc2c(c1)C(Cc1ccccc1)[Si](C)(C)CC2. The molecule has 0 amide bonds. The van der Waals surface area contributed by atoms with Crippen molar-refractivity contribution < 1.29 is 4.74 Å². The number of hydrogen-bond acceptors (Lipinski definition) is 1. The van der Waals surface area contributed by atoms with E-state index in [0.717, 1.165) is 5.75 Å². The Balaban J connectivity index is 2.00. The minimum Gasteiger partial charge on any atom is -0.497 e. The van der Waals surface area contributed by atoms with E-state index in [4.69, 9.17) is 4.74 Å². The maximum absolute atomic E-state index is 5.46. The average Bonchev–Trinajstić information content (AvgIpc) is 2.51. The average molecular weight is 296 g/mol. The molecule has 0 spiro atoms. The van der Waals surface area contributed by atoms with Crippen LogP contribution in [0.4, 0.5) is 0 Å². The molecule has 0 radical (unpaired) electrons. The Labute approximate surface area is 129 Å². The van der Waals surface area contributed by atoms with Crippen molar-refractivity contribution in [2.45, 2.75) is 37.5 Å². The Morgan fingerprint density at radius 1 is 1.10 bits per heavy atom. The maximum atomic E-state index is 5.46. The first kappa shape index (κ1) is 14.4. The molecule has 2 aromatic rings. The molecule has 21 heavy (non-hydrogen) atoms. The van der Waals surface area contributed by atoms with Crippen LogP contribution < -0.4 is 4.74 Å². The molecule has 1 atom stereocenters. The Hall–Kier alpha value is -1.54. The lowest BCUT2D eigenvalue weighted by molar-refractivity contribution is 0.414. The van der Waals surface area contributed by atoms with Crippen LogP contribution in [-0.4, -0.2) is 15.2 Å². The Morgan fingerprint density at radius 2 is 1.86 bits per heavy atom. The Kier molecular flexibility index (Phi) is 3.90. The summed E-state index contributed by atoms with van der Waals surface area (Å²) in [7, 11) is 0.518. The number of ether oxygens (including phenoxy) is 1. The predicted octanol–water partition coefficient (Wildman–Crippen LogP) is 4.83. The van der Waals surface area contributed by atoms with Gasteiger partial charge in [-0.3, -0.25) is 0 Å². The molecule has 2 aromatic carbocycles. The number of fused-ring (bicyclic) bond motifs is 1. The smallest absolute Gasteiger partial charge is 0.119 e. The second kappa shape index (κ2) is 5.68. The van der Waals surface area contributed by atoms with Crippen LogP contribution in [0.25, 0.3) is 0 Å². The molecule has 0 fully saturated rings. The van der Waals surface area contributed by atoms with Gasteiger partial charge in [0.15, 0.2) is 0 Å². The normalized spacial score (nSPS) is 19.9. The number of methoxy groups -OCH3 is 1. The van der Waals surface area contributed by atoms with Crippen molar-refractivity contribution in [1.82, 2.24) is 0 Å². The van der Waals surface area contributed by atoms with Crippen LogP contribution in [0.1, 0.15) is 22.2 Å². The van der Waals surface area contributed by atoms with Gasteiger partial charge in [-0.1, -0.05) is 55.5 Å². The van der Waals surface area contributed by atoms with Crippen LogP contribution in [0.15, 0.2) is 48.5 Å². The first-order valence-electron chi connectivity index (χ1n) is 7.81. The monoisotopic (exact) mass is 296 g/mol. The van der Waals surface area contributed by atoms with Crippen molar-refractivity contribution in [2.75, 3.05) is 7.11 Å². The highest BCUT2D eigenvalue weighted by atomic mass is 28.3. The van der Waals surface area contributed by atoms with E-state index in [9.17, 15) is 0 Å². The van der Waals surface area contributed by atoms with Gasteiger partial charge >= 0.3 is 0 Å². The van der Waals surface area contributed by atoms with Crippen molar-refractivity contribution in [1.29, 1.82) is 0 Å². The van der Waals surface area contributed by atoms with Crippen molar-refractivity contribution >= 4 is 8.07 Å². The lowest BCUT2D eigenvalue weighted by Crippen LogP contribution is -2.40. The molecule has 1 unspecified atom stereocenters. The third kappa shape index (κ3) is 2.91. The quantitative estimate of drug-likeness (QED) is 0.737. The molecule has 110 valence electrons. The molecule has 1 nitrogen and oxygen atoms in total. The van der Waals surface area contributed by atoms with Gasteiger partial charge in [0.25, 0.3) is 0 Å². The molecular weight excluding hydrogens is 272 g/mol. The minimum absolute atomic E-state index is 0.693. The van der Waals surface area contributed by atoms with Gasteiger partial charge in [-0.2, -0.15) is 0 Å². The summed E-state index contributed by atoms with van der Waals surface area (Å²) >= 11 is 0. The van der Waals surface area contributed by atoms with Gasteiger partial charge in [0.1, 0.15) is 5.75 Å². The fraction of sp³-hybridized carbons (Fsp3) is 0.368. The molecule has 0 aromatic heterocycles. The standard InChI is InChI=1S/C19H24OSi/c1-20-17-10-9-16-11-12-21(2,3)19(18(16)14-17)13-15-7-5-4-6-8-15/h4-10,14,19H,11-13H2,1-3H3. The van der Waals surface area contributed by atoms with Crippen molar-refractivity contribution in [2.24, 2.45) is 0 Å². The summed E-state index contributed by atoms with van der Waals surface area (Å²) in [5.41, 5.74) is 5.22. The maximum Gasteiger partial charge on any atom is 0.119 e. The number of benzene rings is 2. The Morgan fingerprint density at radius 3 is 2.57 bits per heavy atom. The largest absolute Gasteiger partial charge is 0.497 e. The number of aryl methyl sites for hydroxylation is 1. The first-order chi connectivity index (χ1) is 10.1. The molecule has 1 aliphatic rings. The Bertz CT molecular complexity index is 619. The van der Waals surface area contributed by atoms with Crippen LogP contribution in [-0.2, 0) is 12.8 Å². The minimum atomic E-state index is -1.25. The van der Waals surface area contributed by atoms with Crippen LogP contribution in [0, 0.1) is 0 Å². The zero-order valence-electron chi connectivity index (χ0n) is 13.2. The van der Waals surface area contributed by atoms with E-state index in [1.165, 1.54) is 30.0 Å². The summed E-state index contributed by atoms with van der Waals surface area (Å²) in [4.78, 5) is 0. The van der Waals surface area contributed by atoms with Crippen LogP contribution in [0.3, 0.4) is 0 Å². The zero-order valence-corrected chi connectivity index (χ0v) is 14.2. The third-order valence-corrected chi connectivity index (χ3v) is 8.93. The fourth-order valence-electron chi connectivity index (χ4n) is 3.54. The summed E-state index contributed by atoms with van der Waals surface area (Å²) in [6.07, 6.45) is 2.41. The van der Waals surface area contributed by atoms with Crippen molar-refractivity contribution in [3.05, 3.63) is 65.2 Å². The molecule has 0 bridgehead atoms. The second-order valence-corrected chi connectivity index (χ2v) is 12.0. The number of rotatable bonds is 3. The number of hydrogen-bond donors (Lipinski definition) is 0. The molecule has 0 saturated carbocycles.